The van der Waals surface area contributed by atoms with Gasteiger partial charge in [-0.25, -0.2) is 10.6 Å². The number of benzene rings is 1. The maximum absolute atomic E-state index is 11.7. The number of rotatable bonds is 1. The van der Waals surface area contributed by atoms with E-state index in [4.69, 9.17) is 5.84 Å². The Morgan fingerprint density at radius 3 is 2.53 bits per heavy atom. The molecule has 4 heteroatoms. The smallest absolute Gasteiger partial charge is 0.293 e. The molecule has 1 aliphatic rings. The highest BCUT2D eigenvalue weighted by Gasteiger charge is 2.24. The number of carbonyl (C=O) groups excluding carboxylic acids is 1. The standard InChI is InChI=1S/C11H15N3O/c1-9-3-5-10(6-4-9)13-7-2-8-14(12)11(13)15/h3-6H,2,7-8,12H2,1H3. The van der Waals surface area contributed by atoms with Gasteiger partial charge in [0.25, 0.3) is 0 Å². The van der Waals surface area contributed by atoms with Gasteiger partial charge in [-0.15, -0.1) is 0 Å². The van der Waals surface area contributed by atoms with E-state index >= 15 is 0 Å². The summed E-state index contributed by atoms with van der Waals surface area (Å²) in [6.07, 6.45) is 0.913. The molecule has 1 aromatic rings. The van der Waals surface area contributed by atoms with E-state index in [2.05, 4.69) is 0 Å². The molecule has 15 heavy (non-hydrogen) atoms. The van der Waals surface area contributed by atoms with E-state index in [1.165, 1.54) is 10.6 Å². The molecule has 2 N–H and O–H groups in total. The molecule has 0 aromatic heterocycles. The lowest BCUT2D eigenvalue weighted by molar-refractivity contribution is 0.196. The minimum atomic E-state index is -0.120. The Balaban J connectivity index is 2.22. The Morgan fingerprint density at radius 2 is 1.87 bits per heavy atom. The van der Waals surface area contributed by atoms with Gasteiger partial charge in [0.1, 0.15) is 0 Å². The molecular formula is C11H15N3O. The zero-order chi connectivity index (χ0) is 10.8. The van der Waals surface area contributed by atoms with Crippen molar-refractivity contribution in [1.29, 1.82) is 0 Å². The topological polar surface area (TPSA) is 49.6 Å². The van der Waals surface area contributed by atoms with Gasteiger partial charge in [-0.2, -0.15) is 0 Å². The Morgan fingerprint density at radius 1 is 1.20 bits per heavy atom. The Hall–Kier alpha value is -1.55. The number of nitrogens with zero attached hydrogens (tertiary/aromatic N) is 2. The van der Waals surface area contributed by atoms with Crippen molar-refractivity contribution >= 4 is 11.7 Å². The van der Waals surface area contributed by atoms with Crippen LogP contribution in [0.3, 0.4) is 0 Å². The molecule has 0 spiro atoms. The van der Waals surface area contributed by atoms with Gasteiger partial charge in [0.05, 0.1) is 0 Å². The Bertz CT molecular complexity index is 361. The molecule has 80 valence electrons. The average molecular weight is 205 g/mol. The number of hydrogen-bond donors (Lipinski definition) is 1. The fraction of sp³-hybridized carbons (Fsp3) is 0.364. The third kappa shape index (κ3) is 1.94. The number of aryl methyl sites for hydroxylation is 1. The lowest BCUT2D eigenvalue weighted by atomic mass is 10.2. The SMILES string of the molecule is Cc1ccc(N2CCCN(N)C2=O)cc1. The number of anilines is 1. The minimum Gasteiger partial charge on any atom is -0.293 e. The molecule has 2 amide bonds. The van der Waals surface area contributed by atoms with Crippen molar-refractivity contribution in [3.8, 4) is 0 Å². The molecule has 1 aliphatic heterocycles. The van der Waals surface area contributed by atoms with Gasteiger partial charge in [0, 0.05) is 18.8 Å². The maximum Gasteiger partial charge on any atom is 0.338 e. The van der Waals surface area contributed by atoms with Gasteiger partial charge in [-0.3, -0.25) is 9.91 Å². The quantitative estimate of drug-likeness (QED) is 0.558. The molecular weight excluding hydrogens is 190 g/mol. The molecule has 1 saturated heterocycles. The van der Waals surface area contributed by atoms with Crippen LogP contribution < -0.4 is 10.7 Å². The first-order valence-electron chi connectivity index (χ1n) is 5.09. The van der Waals surface area contributed by atoms with Gasteiger partial charge in [-0.05, 0) is 25.5 Å². The monoisotopic (exact) mass is 205 g/mol. The van der Waals surface area contributed by atoms with Gasteiger partial charge in [0.15, 0.2) is 0 Å². The molecule has 1 fully saturated rings. The molecule has 0 bridgehead atoms. The second-order valence-electron chi connectivity index (χ2n) is 3.82. The van der Waals surface area contributed by atoms with Crippen molar-refractivity contribution < 1.29 is 4.79 Å². The third-order valence-electron chi connectivity index (χ3n) is 2.60. The van der Waals surface area contributed by atoms with Crippen molar-refractivity contribution in [2.45, 2.75) is 13.3 Å². The van der Waals surface area contributed by atoms with Crippen LogP contribution in [0.25, 0.3) is 0 Å². The predicted octanol–water partition coefficient (Wildman–Crippen LogP) is 1.50. The first-order chi connectivity index (χ1) is 7.18. The summed E-state index contributed by atoms with van der Waals surface area (Å²) in [5.41, 5.74) is 2.11. The van der Waals surface area contributed by atoms with Crippen LogP contribution >= 0.6 is 0 Å². The van der Waals surface area contributed by atoms with Crippen molar-refractivity contribution in [3.05, 3.63) is 29.8 Å². The molecule has 0 atom stereocenters. The molecule has 0 unspecified atom stereocenters. The number of amides is 2. The molecule has 0 radical (unpaired) electrons. The molecule has 2 rings (SSSR count). The summed E-state index contributed by atoms with van der Waals surface area (Å²) in [6, 6.07) is 7.78. The number of hydrogen-bond acceptors (Lipinski definition) is 2. The number of urea groups is 1. The summed E-state index contributed by atoms with van der Waals surface area (Å²) in [7, 11) is 0. The van der Waals surface area contributed by atoms with Gasteiger partial charge in [-0.1, -0.05) is 17.7 Å². The summed E-state index contributed by atoms with van der Waals surface area (Å²) in [4.78, 5) is 13.4. The molecule has 0 aliphatic carbocycles. The summed E-state index contributed by atoms with van der Waals surface area (Å²) in [5.74, 6) is 5.58. The van der Waals surface area contributed by atoms with E-state index in [1.807, 2.05) is 31.2 Å². The summed E-state index contributed by atoms with van der Waals surface area (Å²) < 4.78 is 0. The minimum absolute atomic E-state index is 0.120. The summed E-state index contributed by atoms with van der Waals surface area (Å²) in [6.45, 7) is 3.41. The van der Waals surface area contributed by atoms with Gasteiger partial charge >= 0.3 is 6.03 Å². The largest absolute Gasteiger partial charge is 0.338 e. The first-order valence-corrected chi connectivity index (χ1v) is 5.09. The second kappa shape index (κ2) is 3.90. The highest BCUT2D eigenvalue weighted by Crippen LogP contribution is 2.18. The molecule has 0 saturated carbocycles. The third-order valence-corrected chi connectivity index (χ3v) is 2.60. The van der Waals surface area contributed by atoms with E-state index in [0.29, 0.717) is 6.54 Å². The van der Waals surface area contributed by atoms with Crippen LogP contribution in [0, 0.1) is 6.92 Å². The summed E-state index contributed by atoms with van der Waals surface area (Å²) in [5, 5.41) is 1.27. The highest BCUT2D eigenvalue weighted by atomic mass is 16.2. The van der Waals surface area contributed by atoms with Crippen molar-refractivity contribution in [2.24, 2.45) is 5.84 Å². The van der Waals surface area contributed by atoms with Gasteiger partial charge < -0.3 is 0 Å². The Labute approximate surface area is 89.2 Å². The van der Waals surface area contributed by atoms with Crippen LogP contribution in [-0.4, -0.2) is 24.1 Å². The lowest BCUT2D eigenvalue weighted by Crippen LogP contribution is -2.52. The van der Waals surface area contributed by atoms with Crippen LogP contribution in [0.4, 0.5) is 10.5 Å². The van der Waals surface area contributed by atoms with Crippen molar-refractivity contribution in [1.82, 2.24) is 5.01 Å². The fourth-order valence-electron chi connectivity index (χ4n) is 1.71. The molecule has 4 nitrogen and oxygen atoms in total. The molecule has 1 heterocycles. The van der Waals surface area contributed by atoms with Crippen LogP contribution in [0.1, 0.15) is 12.0 Å². The van der Waals surface area contributed by atoms with E-state index in [0.717, 1.165) is 18.7 Å². The maximum atomic E-state index is 11.7. The van der Waals surface area contributed by atoms with Crippen LogP contribution in [-0.2, 0) is 0 Å². The molecule has 1 aromatic carbocycles. The fourth-order valence-corrected chi connectivity index (χ4v) is 1.71. The van der Waals surface area contributed by atoms with Gasteiger partial charge in [0.2, 0.25) is 0 Å². The van der Waals surface area contributed by atoms with Crippen LogP contribution in [0.15, 0.2) is 24.3 Å². The number of nitrogens with two attached hydrogens (primary N) is 1. The first kappa shape index (κ1) is 9.98. The van der Waals surface area contributed by atoms with Crippen LogP contribution in [0.2, 0.25) is 0 Å². The zero-order valence-corrected chi connectivity index (χ0v) is 8.81. The number of carbonyl (C=O) groups is 1. The van der Waals surface area contributed by atoms with E-state index in [9.17, 15) is 4.79 Å². The lowest BCUT2D eigenvalue weighted by Gasteiger charge is -2.32. The van der Waals surface area contributed by atoms with E-state index in [1.54, 1.807) is 4.90 Å². The normalized spacial score (nSPS) is 17.1. The highest BCUT2D eigenvalue weighted by molar-refractivity contribution is 5.92. The van der Waals surface area contributed by atoms with Crippen molar-refractivity contribution in [3.63, 3.8) is 0 Å². The zero-order valence-electron chi connectivity index (χ0n) is 8.81. The average Bonchev–Trinajstić information content (AvgIpc) is 2.24. The van der Waals surface area contributed by atoms with Crippen LogP contribution in [0.5, 0.6) is 0 Å². The van der Waals surface area contributed by atoms with Crippen molar-refractivity contribution in [2.75, 3.05) is 18.0 Å². The number of hydrazine groups is 1. The summed E-state index contributed by atoms with van der Waals surface area (Å²) >= 11 is 0. The predicted molar refractivity (Wildman–Crippen MR) is 59.4 cm³/mol. The second-order valence-corrected chi connectivity index (χ2v) is 3.82. The van der Waals surface area contributed by atoms with E-state index in [-0.39, 0.29) is 6.03 Å². The Kier molecular flexibility index (Phi) is 2.60. The van der Waals surface area contributed by atoms with E-state index < -0.39 is 0 Å².